The van der Waals surface area contributed by atoms with E-state index in [4.69, 9.17) is 5.11 Å². The normalized spacial score (nSPS) is 9.47. The smallest absolute Gasteiger partial charge is 0.304 e. The van der Waals surface area contributed by atoms with Crippen LogP contribution in [-0.2, 0) is 4.79 Å². The molecular formula is C10H23N3O2S2. The first-order chi connectivity index (χ1) is 7.97. The number of nitrogens with one attached hydrogen (secondary N) is 2. The Balaban J connectivity index is 0. The average Bonchev–Trinajstić information content (AvgIpc) is 2.27. The maximum atomic E-state index is 9.92. The number of thiocarbonyl (C=S) groups is 1. The highest BCUT2D eigenvalue weighted by atomic mass is 32.1. The summed E-state index contributed by atoms with van der Waals surface area (Å²) in [6, 6.07) is 0. The van der Waals surface area contributed by atoms with Gasteiger partial charge in [0, 0.05) is 6.54 Å². The van der Waals surface area contributed by atoms with Crippen molar-refractivity contribution in [1.82, 2.24) is 15.8 Å². The van der Waals surface area contributed by atoms with Crippen molar-refractivity contribution in [2.24, 2.45) is 0 Å². The van der Waals surface area contributed by atoms with Gasteiger partial charge in [-0.2, -0.15) is 0 Å². The van der Waals surface area contributed by atoms with Crippen LogP contribution in [0.2, 0.25) is 0 Å². The molecule has 0 aliphatic heterocycles. The molecule has 0 heterocycles. The summed E-state index contributed by atoms with van der Waals surface area (Å²) in [5.41, 5.74) is 5.05. The van der Waals surface area contributed by atoms with Crippen LogP contribution < -0.4 is 10.9 Å². The number of aliphatic carboxylic acids is 1. The van der Waals surface area contributed by atoms with Gasteiger partial charge in [-0.15, -0.1) is 12.6 Å². The molecule has 0 aromatic carbocycles. The minimum Gasteiger partial charge on any atom is -0.481 e. The van der Waals surface area contributed by atoms with Crippen molar-refractivity contribution in [1.29, 1.82) is 0 Å². The molecule has 0 bridgehead atoms. The number of carboxylic acid groups (broad SMARTS) is 1. The van der Waals surface area contributed by atoms with Gasteiger partial charge in [0.1, 0.15) is 4.32 Å². The van der Waals surface area contributed by atoms with Crippen LogP contribution in [0.15, 0.2) is 0 Å². The van der Waals surface area contributed by atoms with E-state index in [2.05, 4.69) is 61.4 Å². The predicted molar refractivity (Wildman–Crippen MR) is 78.4 cm³/mol. The summed E-state index contributed by atoms with van der Waals surface area (Å²) in [7, 11) is 0. The number of rotatable bonds is 7. The zero-order chi connectivity index (χ0) is 13.7. The molecule has 0 saturated heterocycles. The number of hydrazine groups is 1. The monoisotopic (exact) mass is 281 g/mol. The van der Waals surface area contributed by atoms with Crippen LogP contribution in [-0.4, -0.2) is 46.5 Å². The lowest BCUT2D eigenvalue weighted by atomic mass is 10.4. The minimum absolute atomic E-state index is 0.0589. The molecule has 0 amide bonds. The van der Waals surface area contributed by atoms with E-state index in [1.807, 2.05) is 0 Å². The summed E-state index contributed by atoms with van der Waals surface area (Å²) < 4.78 is 0.297. The number of hydrogen-bond acceptors (Lipinski definition) is 4. The van der Waals surface area contributed by atoms with Gasteiger partial charge in [0.25, 0.3) is 0 Å². The summed E-state index contributed by atoms with van der Waals surface area (Å²) in [5, 5.41) is 8.16. The van der Waals surface area contributed by atoms with Gasteiger partial charge in [-0.25, -0.2) is 5.43 Å². The Morgan fingerprint density at radius 2 is 1.76 bits per heavy atom. The van der Waals surface area contributed by atoms with Crippen LogP contribution >= 0.6 is 24.8 Å². The van der Waals surface area contributed by atoms with E-state index in [0.717, 1.165) is 0 Å². The molecule has 0 aromatic rings. The molecule has 0 atom stereocenters. The summed E-state index contributed by atoms with van der Waals surface area (Å²) in [5.74, 6) is -0.848. The van der Waals surface area contributed by atoms with Gasteiger partial charge in [0.15, 0.2) is 0 Å². The molecular weight excluding hydrogens is 258 g/mol. The van der Waals surface area contributed by atoms with Crippen molar-refractivity contribution in [3.05, 3.63) is 0 Å². The quantitative estimate of drug-likeness (QED) is 0.243. The van der Waals surface area contributed by atoms with Crippen LogP contribution in [0.5, 0.6) is 0 Å². The first-order valence-electron chi connectivity index (χ1n) is 5.63. The second kappa shape index (κ2) is 13.7. The molecule has 0 aliphatic rings. The third-order valence-electron chi connectivity index (χ3n) is 2.00. The largest absolute Gasteiger partial charge is 0.481 e. The van der Waals surface area contributed by atoms with Crippen molar-refractivity contribution in [2.45, 2.75) is 27.2 Å². The Morgan fingerprint density at radius 3 is 2.00 bits per heavy atom. The van der Waals surface area contributed by atoms with Gasteiger partial charge in [-0.05, 0) is 19.6 Å². The van der Waals surface area contributed by atoms with Gasteiger partial charge in [0.2, 0.25) is 0 Å². The van der Waals surface area contributed by atoms with E-state index in [9.17, 15) is 4.79 Å². The van der Waals surface area contributed by atoms with E-state index in [-0.39, 0.29) is 6.42 Å². The minimum atomic E-state index is -0.848. The number of nitrogens with zero attached hydrogens (tertiary/aromatic N) is 1. The van der Waals surface area contributed by atoms with Gasteiger partial charge < -0.3 is 15.4 Å². The maximum absolute atomic E-state index is 9.92. The maximum Gasteiger partial charge on any atom is 0.304 e. The molecule has 0 spiro atoms. The Kier molecular flexibility index (Phi) is 15.3. The van der Waals surface area contributed by atoms with E-state index in [1.165, 1.54) is 19.6 Å². The van der Waals surface area contributed by atoms with Gasteiger partial charge in [-0.3, -0.25) is 4.79 Å². The number of carbonyl (C=O) groups is 1. The summed E-state index contributed by atoms with van der Waals surface area (Å²) >= 11 is 8.25. The van der Waals surface area contributed by atoms with Gasteiger partial charge in [0.05, 0.1) is 6.42 Å². The van der Waals surface area contributed by atoms with Crippen LogP contribution in [0, 0.1) is 0 Å². The number of carboxylic acids is 1. The second-order valence-electron chi connectivity index (χ2n) is 3.12. The highest BCUT2D eigenvalue weighted by molar-refractivity contribution is 8.11. The number of hydrogen-bond donors (Lipinski definition) is 4. The molecule has 17 heavy (non-hydrogen) atoms. The Hall–Kier alpha value is -0.370. The lowest BCUT2D eigenvalue weighted by Gasteiger charge is -2.13. The molecule has 0 aromatic heterocycles. The van der Waals surface area contributed by atoms with Crippen molar-refractivity contribution >= 4 is 35.1 Å². The van der Waals surface area contributed by atoms with E-state index < -0.39 is 5.97 Å². The topological polar surface area (TPSA) is 64.6 Å². The fourth-order valence-electron chi connectivity index (χ4n) is 0.978. The first-order valence-corrected chi connectivity index (χ1v) is 6.49. The van der Waals surface area contributed by atoms with Crippen LogP contribution in [0.1, 0.15) is 27.2 Å². The van der Waals surface area contributed by atoms with E-state index >= 15 is 0 Å². The highest BCUT2D eigenvalue weighted by Crippen LogP contribution is 1.81. The molecule has 0 rings (SSSR count). The zero-order valence-electron chi connectivity index (χ0n) is 10.7. The lowest BCUT2D eigenvalue weighted by Crippen LogP contribution is -2.35. The van der Waals surface area contributed by atoms with Crippen molar-refractivity contribution < 1.29 is 9.90 Å². The van der Waals surface area contributed by atoms with Crippen molar-refractivity contribution in [3.8, 4) is 0 Å². The highest BCUT2D eigenvalue weighted by Gasteiger charge is 1.93. The molecule has 0 fully saturated rings. The van der Waals surface area contributed by atoms with Crippen LogP contribution in [0.4, 0.5) is 0 Å². The zero-order valence-corrected chi connectivity index (χ0v) is 12.4. The van der Waals surface area contributed by atoms with Crippen molar-refractivity contribution in [3.63, 3.8) is 0 Å². The van der Waals surface area contributed by atoms with Crippen LogP contribution in [0.3, 0.4) is 0 Å². The van der Waals surface area contributed by atoms with Crippen molar-refractivity contribution in [2.75, 3.05) is 26.2 Å². The SMILES string of the molecule is CCN(CC)CC.O=C(O)CCNNC(=S)S. The summed E-state index contributed by atoms with van der Waals surface area (Å²) in [4.78, 5) is 12.3. The predicted octanol–water partition coefficient (Wildman–Crippen LogP) is 1.12. The van der Waals surface area contributed by atoms with Gasteiger partial charge >= 0.3 is 5.97 Å². The molecule has 0 radical (unpaired) electrons. The Bertz CT molecular complexity index is 190. The Morgan fingerprint density at radius 1 is 1.29 bits per heavy atom. The standard InChI is InChI=1S/C6H15N.C4H8N2O2S2/c1-4-7(5-2)6-3;7-3(8)1-2-5-6-4(9)10/h4-6H2,1-3H3;5H,1-2H2,(H,7,8)(H2,6,9,10). The second-order valence-corrected chi connectivity index (χ2v) is 4.28. The van der Waals surface area contributed by atoms with E-state index in [1.54, 1.807) is 0 Å². The summed E-state index contributed by atoms with van der Waals surface area (Å²) in [6.07, 6.45) is 0.0589. The third-order valence-corrected chi connectivity index (χ3v) is 2.21. The average molecular weight is 281 g/mol. The van der Waals surface area contributed by atoms with Gasteiger partial charge in [-0.1, -0.05) is 33.0 Å². The third kappa shape index (κ3) is 18.2. The molecule has 3 N–H and O–H groups in total. The molecule has 0 aliphatic carbocycles. The fraction of sp³-hybridized carbons (Fsp3) is 0.800. The lowest BCUT2D eigenvalue weighted by molar-refractivity contribution is -0.136. The summed E-state index contributed by atoms with van der Waals surface area (Å²) in [6.45, 7) is 10.5. The number of thiol groups is 1. The first kappa shape index (κ1) is 19.0. The molecule has 0 saturated carbocycles. The molecule has 0 unspecified atom stereocenters. The molecule has 7 heteroatoms. The molecule has 102 valence electrons. The Labute approximate surface area is 114 Å². The fourth-order valence-corrected chi connectivity index (χ4v) is 1.13. The van der Waals surface area contributed by atoms with Crippen LogP contribution in [0.25, 0.3) is 0 Å². The van der Waals surface area contributed by atoms with E-state index in [0.29, 0.717) is 10.9 Å². The molecule has 5 nitrogen and oxygen atoms in total.